The quantitative estimate of drug-likeness (QED) is 0.488. The number of halogens is 4. The van der Waals surface area contributed by atoms with E-state index >= 15 is 0 Å². The first-order valence-electron chi connectivity index (χ1n) is 7.63. The second-order valence-corrected chi connectivity index (χ2v) is 7.48. The van der Waals surface area contributed by atoms with Crippen LogP contribution in [0.4, 0.5) is 17.6 Å². The Labute approximate surface area is 153 Å². The van der Waals surface area contributed by atoms with E-state index in [0.717, 1.165) is 28.6 Å². The summed E-state index contributed by atoms with van der Waals surface area (Å²) in [4.78, 5) is 22.4. The van der Waals surface area contributed by atoms with E-state index in [2.05, 4.69) is 4.74 Å². The van der Waals surface area contributed by atoms with Gasteiger partial charge in [0.1, 0.15) is 12.4 Å². The van der Waals surface area contributed by atoms with Crippen molar-refractivity contribution in [2.75, 3.05) is 26.7 Å². The number of nitrogens with one attached hydrogen (secondary N) is 1. The minimum absolute atomic E-state index is 0.0555. The van der Waals surface area contributed by atoms with Crippen molar-refractivity contribution in [3.8, 4) is 0 Å². The van der Waals surface area contributed by atoms with Gasteiger partial charge in [0, 0.05) is 20.0 Å². The fourth-order valence-electron chi connectivity index (χ4n) is 1.82. The highest BCUT2D eigenvalue weighted by atomic mass is 32.2. The van der Waals surface area contributed by atoms with Crippen LogP contribution in [0.15, 0.2) is 29.2 Å². The Balaban J connectivity index is 2.36. The summed E-state index contributed by atoms with van der Waals surface area (Å²) in [5.74, 6) is -2.54. The Hall–Kier alpha value is -2.21. The molecule has 12 heteroatoms. The van der Waals surface area contributed by atoms with Crippen molar-refractivity contribution in [2.24, 2.45) is 0 Å². The molecule has 0 heterocycles. The van der Waals surface area contributed by atoms with Crippen molar-refractivity contribution < 1.29 is 40.3 Å². The maximum Gasteiger partial charge on any atom is 0.405 e. The number of hydrogen-bond acceptors (Lipinski definition) is 5. The van der Waals surface area contributed by atoms with Crippen LogP contribution in [0.1, 0.15) is 12.8 Å². The largest absolute Gasteiger partial charge is 0.456 e. The molecule has 0 saturated carbocycles. The number of sulfonamides is 1. The Morgan fingerprint density at radius 3 is 2.33 bits per heavy atom. The minimum Gasteiger partial charge on any atom is -0.456 e. The third kappa shape index (κ3) is 8.35. The molecule has 0 aromatic heterocycles. The highest BCUT2D eigenvalue weighted by molar-refractivity contribution is 7.89. The SMILES string of the molecule is CN(CCCC(=O)OCC(=O)NCC(F)(F)F)S(=O)(=O)c1ccc(F)cc1. The molecule has 0 radical (unpaired) electrons. The second kappa shape index (κ2) is 9.65. The van der Waals surface area contributed by atoms with E-state index < -0.39 is 47.0 Å². The lowest BCUT2D eigenvalue weighted by Gasteiger charge is -2.17. The lowest BCUT2D eigenvalue weighted by atomic mass is 10.3. The minimum atomic E-state index is -4.57. The van der Waals surface area contributed by atoms with Gasteiger partial charge in [-0.05, 0) is 30.7 Å². The number of carbonyl (C=O) groups excluding carboxylic acids is 2. The zero-order valence-electron chi connectivity index (χ0n) is 14.3. The number of rotatable bonds is 9. The molecule has 1 N–H and O–H groups in total. The van der Waals surface area contributed by atoms with Crippen LogP contribution in [-0.2, 0) is 24.3 Å². The number of hydrogen-bond donors (Lipinski definition) is 1. The topological polar surface area (TPSA) is 92.8 Å². The average Bonchev–Trinajstić information content (AvgIpc) is 2.57. The lowest BCUT2D eigenvalue weighted by molar-refractivity contribution is -0.151. The molecule has 0 unspecified atom stereocenters. The Bertz CT molecular complexity index is 750. The van der Waals surface area contributed by atoms with Gasteiger partial charge in [-0.2, -0.15) is 13.2 Å². The normalized spacial score (nSPS) is 12.1. The van der Waals surface area contributed by atoms with Gasteiger partial charge >= 0.3 is 12.1 Å². The molecule has 0 spiro atoms. The van der Waals surface area contributed by atoms with Gasteiger partial charge in [0.15, 0.2) is 6.61 Å². The molecule has 0 atom stereocenters. The van der Waals surface area contributed by atoms with E-state index in [4.69, 9.17) is 0 Å². The summed E-state index contributed by atoms with van der Waals surface area (Å²) in [5.41, 5.74) is 0. The Kier molecular flexibility index (Phi) is 8.16. The maximum atomic E-state index is 12.9. The third-order valence-corrected chi connectivity index (χ3v) is 5.10. The molecule has 0 aliphatic rings. The second-order valence-electron chi connectivity index (χ2n) is 5.44. The van der Waals surface area contributed by atoms with Gasteiger partial charge in [-0.3, -0.25) is 9.59 Å². The molecule has 27 heavy (non-hydrogen) atoms. The molecular formula is C15H18F4N2O5S. The highest BCUT2D eigenvalue weighted by Crippen LogP contribution is 2.15. The molecule has 0 fully saturated rings. The standard InChI is InChI=1S/C15H18F4N2O5S/c1-21(27(24,25)12-6-4-11(16)5-7-12)8-2-3-14(23)26-9-13(22)20-10-15(17,18)19/h4-7H,2-3,8-10H2,1H3,(H,20,22). The van der Waals surface area contributed by atoms with Gasteiger partial charge in [0.05, 0.1) is 4.90 Å². The maximum absolute atomic E-state index is 12.9. The van der Waals surface area contributed by atoms with Crippen LogP contribution in [0.5, 0.6) is 0 Å². The predicted molar refractivity (Wildman–Crippen MR) is 85.5 cm³/mol. The van der Waals surface area contributed by atoms with Crippen molar-refractivity contribution in [3.05, 3.63) is 30.1 Å². The number of ether oxygens (including phenoxy) is 1. The number of alkyl halides is 3. The first kappa shape index (κ1) is 22.8. The third-order valence-electron chi connectivity index (χ3n) is 3.23. The van der Waals surface area contributed by atoms with Crippen molar-refractivity contribution in [3.63, 3.8) is 0 Å². The first-order chi connectivity index (χ1) is 12.4. The van der Waals surface area contributed by atoms with Crippen molar-refractivity contribution in [1.29, 1.82) is 0 Å². The molecule has 0 saturated heterocycles. The average molecular weight is 414 g/mol. The summed E-state index contributed by atoms with van der Waals surface area (Å²) >= 11 is 0. The molecule has 152 valence electrons. The van der Waals surface area contributed by atoms with Crippen LogP contribution in [0.25, 0.3) is 0 Å². The van der Waals surface area contributed by atoms with Crippen molar-refractivity contribution in [2.45, 2.75) is 23.9 Å². The fraction of sp³-hybridized carbons (Fsp3) is 0.467. The Morgan fingerprint density at radius 1 is 1.19 bits per heavy atom. The summed E-state index contributed by atoms with van der Waals surface area (Å²) in [6.45, 7) is -2.46. The van der Waals surface area contributed by atoms with Crippen LogP contribution in [-0.4, -0.2) is 57.5 Å². The van der Waals surface area contributed by atoms with Gasteiger partial charge in [0.2, 0.25) is 10.0 Å². The van der Waals surface area contributed by atoms with E-state index in [1.807, 2.05) is 0 Å². The predicted octanol–water partition coefficient (Wildman–Crippen LogP) is 1.45. The van der Waals surface area contributed by atoms with Gasteiger partial charge in [-0.25, -0.2) is 17.1 Å². The van der Waals surface area contributed by atoms with Crippen LogP contribution in [0, 0.1) is 5.82 Å². The number of nitrogens with zero attached hydrogens (tertiary/aromatic N) is 1. The van der Waals surface area contributed by atoms with Crippen LogP contribution >= 0.6 is 0 Å². The smallest absolute Gasteiger partial charge is 0.405 e. The van der Waals surface area contributed by atoms with Crippen molar-refractivity contribution >= 4 is 21.9 Å². The number of carbonyl (C=O) groups is 2. The van der Waals surface area contributed by atoms with E-state index in [1.54, 1.807) is 0 Å². The number of amides is 1. The summed E-state index contributed by atoms with van der Waals surface area (Å²) in [5, 5.41) is 1.54. The molecule has 0 bridgehead atoms. The molecule has 7 nitrogen and oxygen atoms in total. The number of benzene rings is 1. The monoisotopic (exact) mass is 414 g/mol. The van der Waals surface area contributed by atoms with E-state index in [0.29, 0.717) is 0 Å². The zero-order chi connectivity index (χ0) is 20.7. The molecule has 0 aliphatic heterocycles. The van der Waals surface area contributed by atoms with E-state index in [-0.39, 0.29) is 24.3 Å². The van der Waals surface area contributed by atoms with E-state index in [9.17, 15) is 35.6 Å². The highest BCUT2D eigenvalue weighted by Gasteiger charge is 2.27. The summed E-state index contributed by atoms with van der Waals surface area (Å²) < 4.78 is 78.5. The fourth-order valence-corrected chi connectivity index (χ4v) is 3.03. The van der Waals surface area contributed by atoms with Crippen LogP contribution in [0.3, 0.4) is 0 Å². The van der Waals surface area contributed by atoms with Gasteiger partial charge in [-0.1, -0.05) is 0 Å². The number of esters is 1. The Morgan fingerprint density at radius 2 is 1.78 bits per heavy atom. The lowest BCUT2D eigenvalue weighted by Crippen LogP contribution is -2.36. The van der Waals surface area contributed by atoms with E-state index in [1.165, 1.54) is 12.4 Å². The van der Waals surface area contributed by atoms with Crippen molar-refractivity contribution in [1.82, 2.24) is 9.62 Å². The molecule has 1 aromatic rings. The van der Waals surface area contributed by atoms with Crippen LogP contribution < -0.4 is 5.32 Å². The first-order valence-corrected chi connectivity index (χ1v) is 9.07. The van der Waals surface area contributed by atoms with Gasteiger partial charge in [-0.15, -0.1) is 0 Å². The van der Waals surface area contributed by atoms with Gasteiger partial charge in [0.25, 0.3) is 5.91 Å². The van der Waals surface area contributed by atoms with Gasteiger partial charge < -0.3 is 10.1 Å². The molecule has 1 aromatic carbocycles. The van der Waals surface area contributed by atoms with Crippen LogP contribution in [0.2, 0.25) is 0 Å². The summed E-state index contributed by atoms with van der Waals surface area (Å²) in [6, 6.07) is 4.22. The molecular weight excluding hydrogens is 396 g/mol. The molecule has 1 rings (SSSR count). The summed E-state index contributed by atoms with van der Waals surface area (Å²) in [7, 11) is -2.58. The molecule has 1 amide bonds. The molecule has 0 aliphatic carbocycles. The summed E-state index contributed by atoms with van der Waals surface area (Å²) in [6.07, 6.45) is -4.75. The zero-order valence-corrected chi connectivity index (χ0v) is 15.1.